The summed E-state index contributed by atoms with van der Waals surface area (Å²) in [6, 6.07) is 2.77. The average Bonchev–Trinajstić information content (AvgIpc) is 2.32. The van der Waals surface area contributed by atoms with E-state index >= 15 is 0 Å². The van der Waals surface area contributed by atoms with Gasteiger partial charge in [0.05, 0.1) is 11.4 Å². The topological polar surface area (TPSA) is 90.4 Å². The molecule has 2 heterocycles. The highest BCUT2D eigenvalue weighted by Gasteiger charge is 2.06. The van der Waals surface area contributed by atoms with Gasteiger partial charge in [0.15, 0.2) is 0 Å². The van der Waals surface area contributed by atoms with Crippen LogP contribution in [-0.4, -0.2) is 36.5 Å². The second kappa shape index (κ2) is 4.79. The monoisotopic (exact) mass is 244 g/mol. The SMILES string of the molecule is CN=Cc1cc(=O)c2[nH]c(C=NC)cc(=O)c2[nH]1. The summed E-state index contributed by atoms with van der Waals surface area (Å²) in [5.74, 6) is 0. The van der Waals surface area contributed by atoms with E-state index in [1.54, 1.807) is 14.1 Å². The van der Waals surface area contributed by atoms with Crippen molar-refractivity contribution in [3.05, 3.63) is 44.0 Å². The predicted molar refractivity (Wildman–Crippen MR) is 72.2 cm³/mol. The third kappa shape index (κ3) is 2.13. The van der Waals surface area contributed by atoms with Crippen LogP contribution in [-0.2, 0) is 0 Å². The molecule has 0 saturated carbocycles. The van der Waals surface area contributed by atoms with Crippen LogP contribution in [0.25, 0.3) is 11.0 Å². The molecule has 0 amide bonds. The number of aromatic nitrogens is 2. The molecule has 6 heteroatoms. The van der Waals surface area contributed by atoms with E-state index in [4.69, 9.17) is 0 Å². The van der Waals surface area contributed by atoms with Gasteiger partial charge in [-0.2, -0.15) is 0 Å². The fourth-order valence-electron chi connectivity index (χ4n) is 1.70. The second-order valence-corrected chi connectivity index (χ2v) is 3.70. The number of hydrogen-bond acceptors (Lipinski definition) is 4. The zero-order valence-corrected chi connectivity index (χ0v) is 10.0. The van der Waals surface area contributed by atoms with E-state index in [9.17, 15) is 9.59 Å². The maximum atomic E-state index is 11.9. The van der Waals surface area contributed by atoms with Crippen LogP contribution in [0.2, 0.25) is 0 Å². The third-order valence-electron chi connectivity index (χ3n) is 2.39. The first kappa shape index (κ1) is 12.0. The Labute approximate surface area is 102 Å². The van der Waals surface area contributed by atoms with Gasteiger partial charge in [-0.3, -0.25) is 19.6 Å². The number of nitrogens with zero attached hydrogens (tertiary/aromatic N) is 2. The normalized spacial score (nSPS) is 11.9. The summed E-state index contributed by atoms with van der Waals surface area (Å²) in [7, 11) is 3.18. The lowest BCUT2D eigenvalue weighted by molar-refractivity contribution is 1.26. The molecule has 0 unspecified atom stereocenters. The highest BCUT2D eigenvalue weighted by Crippen LogP contribution is 2.00. The summed E-state index contributed by atoms with van der Waals surface area (Å²) in [4.78, 5) is 37.1. The van der Waals surface area contributed by atoms with Crippen molar-refractivity contribution in [3.63, 3.8) is 0 Å². The molecule has 0 atom stereocenters. The summed E-state index contributed by atoms with van der Waals surface area (Å²) in [5.41, 5.74) is 0.954. The number of aliphatic imine (C=N–C) groups is 2. The fourth-order valence-corrected chi connectivity index (χ4v) is 1.70. The van der Waals surface area contributed by atoms with Crippen molar-refractivity contribution in [3.8, 4) is 0 Å². The van der Waals surface area contributed by atoms with Crippen LogP contribution < -0.4 is 10.9 Å². The van der Waals surface area contributed by atoms with Crippen molar-refractivity contribution < 1.29 is 0 Å². The van der Waals surface area contributed by atoms with Crippen LogP contribution in [0.3, 0.4) is 0 Å². The van der Waals surface area contributed by atoms with E-state index in [0.717, 1.165) is 0 Å². The molecule has 2 aromatic heterocycles. The molecular weight excluding hydrogens is 232 g/mol. The molecule has 0 aliphatic heterocycles. The van der Waals surface area contributed by atoms with E-state index < -0.39 is 0 Å². The maximum absolute atomic E-state index is 11.9. The fraction of sp³-hybridized carbons (Fsp3) is 0.167. The van der Waals surface area contributed by atoms with Crippen molar-refractivity contribution in [2.45, 2.75) is 0 Å². The molecule has 0 fully saturated rings. The minimum Gasteiger partial charge on any atom is -0.349 e. The molecule has 0 saturated heterocycles. The first-order valence-corrected chi connectivity index (χ1v) is 5.30. The van der Waals surface area contributed by atoms with Crippen LogP contribution in [0.5, 0.6) is 0 Å². The van der Waals surface area contributed by atoms with Crippen LogP contribution in [0.1, 0.15) is 11.4 Å². The average molecular weight is 244 g/mol. The van der Waals surface area contributed by atoms with Crippen molar-refractivity contribution in [1.29, 1.82) is 0 Å². The van der Waals surface area contributed by atoms with Crippen molar-refractivity contribution in [2.24, 2.45) is 9.98 Å². The Balaban J connectivity index is 2.84. The quantitative estimate of drug-likeness (QED) is 0.744. The zero-order chi connectivity index (χ0) is 13.1. The summed E-state index contributed by atoms with van der Waals surface area (Å²) >= 11 is 0. The number of fused-ring (bicyclic) bond motifs is 1. The predicted octanol–water partition coefficient (Wildman–Crippen LogP) is 0.314. The van der Waals surface area contributed by atoms with E-state index in [-0.39, 0.29) is 21.9 Å². The lowest BCUT2D eigenvalue weighted by Gasteiger charge is -2.01. The van der Waals surface area contributed by atoms with Gasteiger partial charge >= 0.3 is 0 Å². The Morgan fingerprint density at radius 2 is 1.28 bits per heavy atom. The minimum absolute atomic E-state index is 0.241. The summed E-state index contributed by atoms with van der Waals surface area (Å²) in [6.07, 6.45) is 2.98. The van der Waals surface area contributed by atoms with Gasteiger partial charge in [0.2, 0.25) is 10.9 Å². The maximum Gasteiger partial charge on any atom is 0.206 e. The van der Waals surface area contributed by atoms with Crippen LogP contribution in [0.15, 0.2) is 31.7 Å². The summed E-state index contributed by atoms with van der Waals surface area (Å²) in [6.45, 7) is 0. The minimum atomic E-state index is -0.262. The molecule has 0 spiro atoms. The summed E-state index contributed by atoms with van der Waals surface area (Å²) in [5, 5.41) is 0. The Morgan fingerprint density at radius 3 is 1.61 bits per heavy atom. The standard InChI is InChI=1S/C12H12N4O2/c1-13-5-7-3-9(17)12-11(15-7)10(18)4-8(16-12)6-14-2/h3-6H,1-2H3,(H,15,17)(H,16,18). The number of nitrogens with one attached hydrogen (secondary N) is 2. The van der Waals surface area contributed by atoms with E-state index in [1.807, 2.05) is 0 Å². The van der Waals surface area contributed by atoms with Gasteiger partial charge < -0.3 is 9.97 Å². The molecule has 2 N–H and O–H groups in total. The molecule has 0 bridgehead atoms. The van der Waals surface area contributed by atoms with Crippen LogP contribution >= 0.6 is 0 Å². The Hall–Kier alpha value is -2.50. The highest BCUT2D eigenvalue weighted by molar-refractivity contribution is 5.86. The number of rotatable bonds is 2. The molecule has 92 valence electrons. The van der Waals surface area contributed by atoms with Gasteiger partial charge in [-0.1, -0.05) is 0 Å². The van der Waals surface area contributed by atoms with E-state index in [0.29, 0.717) is 11.4 Å². The van der Waals surface area contributed by atoms with Crippen molar-refractivity contribution >= 4 is 23.5 Å². The Bertz CT molecular complexity index is 687. The molecule has 0 aliphatic carbocycles. The van der Waals surface area contributed by atoms with Gasteiger partial charge in [-0.15, -0.1) is 0 Å². The van der Waals surface area contributed by atoms with Gasteiger partial charge in [-0.05, 0) is 0 Å². The molecule has 0 radical (unpaired) electrons. The molecule has 18 heavy (non-hydrogen) atoms. The number of pyridine rings is 2. The molecule has 0 aliphatic rings. The van der Waals surface area contributed by atoms with Crippen molar-refractivity contribution in [2.75, 3.05) is 14.1 Å². The molecule has 0 aromatic carbocycles. The van der Waals surface area contributed by atoms with Gasteiger partial charge in [0.25, 0.3) is 0 Å². The van der Waals surface area contributed by atoms with Crippen molar-refractivity contribution in [1.82, 2.24) is 9.97 Å². The molecule has 2 rings (SSSR count). The smallest absolute Gasteiger partial charge is 0.206 e. The zero-order valence-electron chi connectivity index (χ0n) is 10.0. The summed E-state index contributed by atoms with van der Waals surface area (Å²) < 4.78 is 0. The molecular formula is C12H12N4O2. The third-order valence-corrected chi connectivity index (χ3v) is 2.39. The van der Waals surface area contributed by atoms with Gasteiger partial charge in [0.1, 0.15) is 11.0 Å². The first-order valence-electron chi connectivity index (χ1n) is 5.30. The van der Waals surface area contributed by atoms with Crippen LogP contribution in [0, 0.1) is 0 Å². The molecule has 2 aromatic rings. The largest absolute Gasteiger partial charge is 0.349 e. The lowest BCUT2D eigenvalue weighted by Crippen LogP contribution is -2.15. The van der Waals surface area contributed by atoms with Gasteiger partial charge in [0, 0.05) is 38.7 Å². The number of aromatic amines is 2. The Morgan fingerprint density at radius 1 is 0.889 bits per heavy atom. The lowest BCUT2D eigenvalue weighted by atomic mass is 10.2. The van der Waals surface area contributed by atoms with E-state index in [1.165, 1.54) is 24.6 Å². The number of hydrogen-bond donors (Lipinski definition) is 2. The Kier molecular flexibility index (Phi) is 3.18. The van der Waals surface area contributed by atoms with E-state index in [2.05, 4.69) is 20.0 Å². The molecule has 6 nitrogen and oxygen atoms in total. The van der Waals surface area contributed by atoms with Gasteiger partial charge in [-0.25, -0.2) is 0 Å². The first-order chi connectivity index (χ1) is 8.65. The number of H-pyrrole nitrogens is 2. The highest BCUT2D eigenvalue weighted by atomic mass is 16.1. The van der Waals surface area contributed by atoms with Crippen LogP contribution in [0.4, 0.5) is 0 Å². The second-order valence-electron chi connectivity index (χ2n) is 3.70.